The zero-order valence-corrected chi connectivity index (χ0v) is 20.8. The minimum atomic E-state index is -1.12. The molecule has 1 atom stereocenters. The van der Waals surface area contributed by atoms with Gasteiger partial charge in [0.25, 0.3) is 0 Å². The van der Waals surface area contributed by atoms with E-state index in [1.165, 1.54) is 6.08 Å². The number of hydrogen-bond donors (Lipinski definition) is 0. The maximum absolute atomic E-state index is 13.0. The van der Waals surface area contributed by atoms with E-state index in [9.17, 15) is 10.1 Å². The van der Waals surface area contributed by atoms with E-state index in [0.29, 0.717) is 16.8 Å². The first kappa shape index (κ1) is 25.2. The Morgan fingerprint density at radius 2 is 1.65 bits per heavy atom. The number of rotatable bonds is 9. The third-order valence-corrected chi connectivity index (χ3v) is 5.75. The quantitative estimate of drug-likeness (QED) is 0.206. The highest BCUT2D eigenvalue weighted by molar-refractivity contribution is 5.80. The third kappa shape index (κ3) is 5.85. The summed E-state index contributed by atoms with van der Waals surface area (Å²) in [5.74, 6) is -0.543. The molecule has 3 aromatic carbocycles. The topological polar surface area (TPSA) is 75.5 Å². The van der Waals surface area contributed by atoms with E-state index >= 15 is 0 Å². The van der Waals surface area contributed by atoms with Crippen molar-refractivity contribution in [1.29, 1.82) is 5.26 Å². The molecule has 0 saturated heterocycles. The zero-order valence-electron chi connectivity index (χ0n) is 20.8. The van der Waals surface area contributed by atoms with Crippen molar-refractivity contribution in [3.63, 3.8) is 0 Å². The molecule has 1 aromatic heterocycles. The molecule has 0 amide bonds. The second-order valence-electron chi connectivity index (χ2n) is 8.48. The predicted octanol–water partition coefficient (Wildman–Crippen LogP) is 6.20. The van der Waals surface area contributed by atoms with Gasteiger partial charge in [-0.3, -0.25) is 0 Å². The summed E-state index contributed by atoms with van der Waals surface area (Å²) in [5.41, 5.74) is 4.81. The number of esters is 1. The van der Waals surface area contributed by atoms with Crippen molar-refractivity contribution >= 4 is 11.7 Å². The van der Waals surface area contributed by atoms with E-state index in [1.54, 1.807) is 12.1 Å². The van der Waals surface area contributed by atoms with Crippen LogP contribution in [0, 0.1) is 11.3 Å². The Balaban J connectivity index is 1.87. The van der Waals surface area contributed by atoms with Crippen molar-refractivity contribution in [2.24, 2.45) is 0 Å². The molecule has 37 heavy (non-hydrogen) atoms. The number of aromatic nitrogens is 1. The van der Waals surface area contributed by atoms with Crippen LogP contribution < -0.4 is 9.64 Å². The van der Waals surface area contributed by atoms with Gasteiger partial charge >= 0.3 is 5.97 Å². The first-order valence-corrected chi connectivity index (χ1v) is 11.8. The molecule has 0 bridgehead atoms. The van der Waals surface area contributed by atoms with Crippen molar-refractivity contribution < 1.29 is 14.3 Å². The molecule has 184 valence electrons. The fourth-order valence-electron chi connectivity index (χ4n) is 3.85. The van der Waals surface area contributed by atoms with Crippen LogP contribution in [0.1, 0.15) is 17.2 Å². The number of hydrogen-bond acceptors (Lipinski definition) is 6. The lowest BCUT2D eigenvalue weighted by Gasteiger charge is -2.20. The second-order valence-corrected chi connectivity index (χ2v) is 8.48. The number of carbonyl (C=O) groups is 1. The van der Waals surface area contributed by atoms with Crippen LogP contribution in [0.2, 0.25) is 0 Å². The summed E-state index contributed by atoms with van der Waals surface area (Å²) < 4.78 is 11.5. The summed E-state index contributed by atoms with van der Waals surface area (Å²) in [6, 6.07) is 30.6. The molecule has 0 N–H and O–H groups in total. The Hall–Kier alpha value is -4.89. The number of anilines is 1. The molecule has 6 heteroatoms. The lowest BCUT2D eigenvalue weighted by molar-refractivity contribution is -0.151. The van der Waals surface area contributed by atoms with Gasteiger partial charge in [-0.05, 0) is 23.8 Å². The monoisotopic (exact) mass is 489 g/mol. The molecule has 0 spiro atoms. The lowest BCUT2D eigenvalue weighted by atomic mass is 9.98. The van der Waals surface area contributed by atoms with Gasteiger partial charge < -0.3 is 14.4 Å². The van der Waals surface area contributed by atoms with Crippen LogP contribution in [0.3, 0.4) is 0 Å². The first-order valence-electron chi connectivity index (χ1n) is 11.8. The summed E-state index contributed by atoms with van der Waals surface area (Å²) in [4.78, 5) is 19.7. The summed E-state index contributed by atoms with van der Waals surface area (Å²) in [6.07, 6.45) is 0.375. The van der Waals surface area contributed by atoms with Gasteiger partial charge in [0.05, 0.1) is 5.69 Å². The summed E-state index contributed by atoms with van der Waals surface area (Å²) >= 11 is 0. The number of nitrogens with zero attached hydrogens (tertiary/aromatic N) is 3. The molecule has 0 saturated carbocycles. The van der Waals surface area contributed by atoms with E-state index < -0.39 is 12.1 Å². The van der Waals surface area contributed by atoms with Crippen molar-refractivity contribution in [2.75, 3.05) is 25.6 Å². The van der Waals surface area contributed by atoms with Crippen LogP contribution in [0.15, 0.2) is 104 Å². The molecular weight excluding hydrogens is 462 g/mol. The van der Waals surface area contributed by atoms with Crippen LogP contribution in [0.5, 0.6) is 5.88 Å². The fourth-order valence-corrected chi connectivity index (χ4v) is 3.85. The first-order chi connectivity index (χ1) is 18.0. The molecule has 0 radical (unpaired) electrons. The Bertz CT molecular complexity index is 1410. The molecular formula is C31H27N3O3. The minimum absolute atomic E-state index is 0.0393. The largest absolute Gasteiger partial charge is 0.458 e. The van der Waals surface area contributed by atoms with E-state index in [1.807, 2.05) is 97.9 Å². The average molecular weight is 490 g/mol. The van der Waals surface area contributed by atoms with Gasteiger partial charge in [-0.2, -0.15) is 5.26 Å². The van der Waals surface area contributed by atoms with Gasteiger partial charge in [0, 0.05) is 36.5 Å². The Labute approximate surface area is 217 Å². The van der Waals surface area contributed by atoms with Crippen molar-refractivity contribution in [1.82, 2.24) is 4.98 Å². The molecule has 1 heterocycles. The SMILES string of the molecule is C=CCOC(=O)C(Oc1nc(-c2ccccc2)cc(-c2ccc(N(C)C)cc2)c1C#N)c1ccccc1. The molecule has 6 nitrogen and oxygen atoms in total. The van der Waals surface area contributed by atoms with E-state index in [4.69, 9.17) is 14.5 Å². The smallest absolute Gasteiger partial charge is 0.352 e. The van der Waals surface area contributed by atoms with Gasteiger partial charge in [-0.1, -0.05) is 85.5 Å². The Morgan fingerprint density at radius 3 is 2.24 bits per heavy atom. The normalized spacial score (nSPS) is 11.2. The van der Waals surface area contributed by atoms with E-state index in [2.05, 4.69) is 12.6 Å². The maximum atomic E-state index is 13.0. The zero-order chi connectivity index (χ0) is 26.2. The average Bonchev–Trinajstić information content (AvgIpc) is 2.95. The number of pyridine rings is 1. The third-order valence-electron chi connectivity index (χ3n) is 5.75. The molecule has 0 aliphatic heterocycles. The Kier molecular flexibility index (Phi) is 7.97. The Morgan fingerprint density at radius 1 is 1.00 bits per heavy atom. The molecule has 0 aliphatic rings. The van der Waals surface area contributed by atoms with Gasteiger partial charge in [0.2, 0.25) is 12.0 Å². The van der Waals surface area contributed by atoms with Gasteiger partial charge in [0.1, 0.15) is 18.2 Å². The number of benzene rings is 3. The second kappa shape index (κ2) is 11.7. The number of ether oxygens (including phenoxy) is 2. The van der Waals surface area contributed by atoms with E-state index in [-0.39, 0.29) is 18.1 Å². The highest BCUT2D eigenvalue weighted by Gasteiger charge is 2.27. The number of carbonyl (C=O) groups excluding carboxylic acids is 1. The van der Waals surface area contributed by atoms with E-state index in [0.717, 1.165) is 16.8 Å². The van der Waals surface area contributed by atoms with Crippen molar-refractivity contribution in [3.8, 4) is 34.3 Å². The van der Waals surface area contributed by atoms with Crippen LogP contribution in [0.25, 0.3) is 22.4 Å². The van der Waals surface area contributed by atoms with Gasteiger partial charge in [-0.15, -0.1) is 0 Å². The molecule has 0 fully saturated rings. The van der Waals surface area contributed by atoms with Crippen molar-refractivity contribution in [2.45, 2.75) is 6.10 Å². The summed E-state index contributed by atoms with van der Waals surface area (Å²) in [7, 11) is 3.94. The van der Waals surface area contributed by atoms with Gasteiger partial charge in [-0.25, -0.2) is 9.78 Å². The predicted molar refractivity (Wildman–Crippen MR) is 145 cm³/mol. The summed E-state index contributed by atoms with van der Waals surface area (Å²) in [6.45, 7) is 3.65. The maximum Gasteiger partial charge on any atom is 0.352 e. The molecule has 4 aromatic rings. The van der Waals surface area contributed by atoms with Crippen LogP contribution in [-0.2, 0) is 9.53 Å². The summed E-state index contributed by atoms with van der Waals surface area (Å²) in [5, 5.41) is 10.2. The molecule has 1 unspecified atom stereocenters. The number of nitriles is 1. The lowest BCUT2D eigenvalue weighted by Crippen LogP contribution is -2.22. The molecule has 4 rings (SSSR count). The fraction of sp³-hybridized carbons (Fsp3) is 0.129. The van der Waals surface area contributed by atoms with Crippen LogP contribution >= 0.6 is 0 Å². The standard InChI is InChI=1S/C31H27N3O3/c1-4-19-36-31(35)29(24-13-9-6-10-14-24)37-30-27(21-32)26(22-15-17-25(18-16-22)34(2)3)20-28(33-30)23-11-7-5-8-12-23/h4-18,20,29H,1,19H2,2-3H3. The highest BCUT2D eigenvalue weighted by Crippen LogP contribution is 2.36. The minimum Gasteiger partial charge on any atom is -0.458 e. The molecule has 0 aliphatic carbocycles. The van der Waals surface area contributed by atoms with Crippen molar-refractivity contribution in [3.05, 3.63) is 115 Å². The van der Waals surface area contributed by atoms with Crippen LogP contribution in [0.4, 0.5) is 5.69 Å². The highest BCUT2D eigenvalue weighted by atomic mass is 16.6. The van der Waals surface area contributed by atoms with Crippen LogP contribution in [-0.4, -0.2) is 31.7 Å². The van der Waals surface area contributed by atoms with Gasteiger partial charge in [0.15, 0.2) is 0 Å².